The molecular weight excluding hydrogens is 282 g/mol. The maximum atomic E-state index is 12.4. The molecule has 6 nitrogen and oxygen atoms in total. The molecule has 0 spiro atoms. The molecule has 0 saturated heterocycles. The number of carbonyl (C=O) groups is 3. The van der Waals surface area contributed by atoms with Crippen molar-refractivity contribution in [3.8, 4) is 0 Å². The van der Waals surface area contributed by atoms with Crippen LogP contribution in [-0.4, -0.2) is 17.7 Å². The Morgan fingerprint density at radius 1 is 1.05 bits per heavy atom. The van der Waals surface area contributed by atoms with E-state index in [1.54, 1.807) is 36.4 Å². The normalized spacial score (nSPS) is 13.2. The summed E-state index contributed by atoms with van der Waals surface area (Å²) in [6.07, 6.45) is 0. The number of benzene rings is 2. The summed E-state index contributed by atoms with van der Waals surface area (Å²) in [6, 6.07) is 11.3. The molecule has 0 radical (unpaired) electrons. The number of nitrogens with zero attached hydrogens (tertiary/aromatic N) is 1. The minimum Gasteiger partial charge on any atom is -0.397 e. The predicted octanol–water partition coefficient (Wildman–Crippen LogP) is 2.03. The lowest BCUT2D eigenvalue weighted by Crippen LogP contribution is -2.29. The number of nitrogens with one attached hydrogen (secondary N) is 1. The summed E-state index contributed by atoms with van der Waals surface area (Å²) in [7, 11) is 0. The van der Waals surface area contributed by atoms with E-state index in [0.717, 1.165) is 4.90 Å². The van der Waals surface area contributed by atoms with Crippen LogP contribution >= 0.6 is 0 Å². The molecule has 0 aromatic heterocycles. The minimum atomic E-state index is -0.390. The standard InChI is InChI=1S/C16H13N3O3/c1-9(20)18-14-8-10(6-7-13(14)17)19-15(21)11-4-2-3-5-12(11)16(19)22/h2-8H,17H2,1H3,(H,18,20). The van der Waals surface area contributed by atoms with E-state index >= 15 is 0 Å². The van der Waals surface area contributed by atoms with Gasteiger partial charge in [0, 0.05) is 6.92 Å². The van der Waals surface area contributed by atoms with Crippen LogP contribution in [0.2, 0.25) is 0 Å². The van der Waals surface area contributed by atoms with Crippen LogP contribution in [0.15, 0.2) is 42.5 Å². The van der Waals surface area contributed by atoms with Crippen LogP contribution in [0, 0.1) is 0 Å². The fraction of sp³-hybridized carbons (Fsp3) is 0.0625. The lowest BCUT2D eigenvalue weighted by molar-refractivity contribution is -0.114. The van der Waals surface area contributed by atoms with Gasteiger partial charge in [0.1, 0.15) is 0 Å². The van der Waals surface area contributed by atoms with Gasteiger partial charge < -0.3 is 11.1 Å². The highest BCUT2D eigenvalue weighted by molar-refractivity contribution is 6.34. The Morgan fingerprint density at radius 2 is 1.64 bits per heavy atom. The van der Waals surface area contributed by atoms with Gasteiger partial charge in [0.2, 0.25) is 5.91 Å². The second kappa shape index (κ2) is 5.00. The van der Waals surface area contributed by atoms with E-state index in [1.165, 1.54) is 13.0 Å². The zero-order valence-corrected chi connectivity index (χ0v) is 11.8. The lowest BCUT2D eigenvalue weighted by Gasteiger charge is -2.16. The van der Waals surface area contributed by atoms with E-state index in [-0.39, 0.29) is 17.7 Å². The number of imide groups is 1. The molecule has 0 bridgehead atoms. The number of hydrogen-bond donors (Lipinski definition) is 2. The van der Waals surface area contributed by atoms with Gasteiger partial charge in [-0.25, -0.2) is 4.90 Å². The molecule has 0 unspecified atom stereocenters. The Hall–Kier alpha value is -3.15. The molecule has 0 fully saturated rings. The van der Waals surface area contributed by atoms with E-state index in [4.69, 9.17) is 5.73 Å². The first-order valence-corrected chi connectivity index (χ1v) is 6.64. The van der Waals surface area contributed by atoms with Crippen molar-refractivity contribution in [2.24, 2.45) is 0 Å². The molecule has 0 atom stereocenters. The van der Waals surface area contributed by atoms with Crippen LogP contribution in [-0.2, 0) is 4.79 Å². The van der Waals surface area contributed by atoms with Crippen molar-refractivity contribution in [2.45, 2.75) is 6.92 Å². The molecule has 3 rings (SSSR count). The Balaban J connectivity index is 2.04. The van der Waals surface area contributed by atoms with Gasteiger partial charge in [0.05, 0.1) is 28.2 Å². The Morgan fingerprint density at radius 3 is 2.18 bits per heavy atom. The summed E-state index contributed by atoms with van der Waals surface area (Å²) in [4.78, 5) is 37.1. The van der Waals surface area contributed by atoms with Crippen molar-refractivity contribution >= 4 is 34.8 Å². The molecule has 110 valence electrons. The number of fused-ring (bicyclic) bond motifs is 1. The average Bonchev–Trinajstić information content (AvgIpc) is 2.74. The topological polar surface area (TPSA) is 92.5 Å². The fourth-order valence-corrected chi connectivity index (χ4v) is 2.40. The number of anilines is 3. The van der Waals surface area contributed by atoms with E-state index in [9.17, 15) is 14.4 Å². The summed E-state index contributed by atoms with van der Waals surface area (Å²) >= 11 is 0. The van der Waals surface area contributed by atoms with Crippen LogP contribution in [0.1, 0.15) is 27.6 Å². The van der Waals surface area contributed by atoms with Crippen molar-refractivity contribution in [1.29, 1.82) is 0 Å². The molecule has 3 amide bonds. The van der Waals surface area contributed by atoms with Gasteiger partial charge in [-0.3, -0.25) is 14.4 Å². The van der Waals surface area contributed by atoms with Gasteiger partial charge in [-0.15, -0.1) is 0 Å². The Kier molecular flexibility index (Phi) is 3.14. The highest BCUT2D eigenvalue weighted by Gasteiger charge is 2.36. The largest absolute Gasteiger partial charge is 0.397 e. The predicted molar refractivity (Wildman–Crippen MR) is 82.7 cm³/mol. The van der Waals surface area contributed by atoms with Crippen LogP contribution in [0.5, 0.6) is 0 Å². The van der Waals surface area contributed by atoms with E-state index in [2.05, 4.69) is 5.32 Å². The first-order chi connectivity index (χ1) is 10.5. The van der Waals surface area contributed by atoms with Gasteiger partial charge in [0.25, 0.3) is 11.8 Å². The summed E-state index contributed by atoms with van der Waals surface area (Å²) in [6.45, 7) is 1.36. The monoisotopic (exact) mass is 295 g/mol. The quantitative estimate of drug-likeness (QED) is 0.655. The molecule has 1 aliphatic heterocycles. The number of nitrogens with two attached hydrogens (primary N) is 1. The SMILES string of the molecule is CC(=O)Nc1cc(N2C(=O)c3ccccc3C2=O)ccc1N. The first kappa shape index (κ1) is 13.8. The van der Waals surface area contributed by atoms with Crippen LogP contribution in [0.4, 0.5) is 17.1 Å². The third-order valence-corrected chi connectivity index (χ3v) is 3.40. The highest BCUT2D eigenvalue weighted by atomic mass is 16.2. The third-order valence-electron chi connectivity index (χ3n) is 3.40. The number of amides is 3. The van der Waals surface area contributed by atoms with E-state index in [1.807, 2.05) is 0 Å². The van der Waals surface area contributed by atoms with Crippen molar-refractivity contribution in [3.05, 3.63) is 53.6 Å². The zero-order valence-electron chi connectivity index (χ0n) is 11.8. The fourth-order valence-electron chi connectivity index (χ4n) is 2.40. The van der Waals surface area contributed by atoms with E-state index in [0.29, 0.717) is 28.2 Å². The number of rotatable bonds is 2. The smallest absolute Gasteiger partial charge is 0.266 e. The van der Waals surface area contributed by atoms with Crippen molar-refractivity contribution < 1.29 is 14.4 Å². The average molecular weight is 295 g/mol. The van der Waals surface area contributed by atoms with Gasteiger partial charge >= 0.3 is 0 Å². The molecule has 0 aliphatic carbocycles. The van der Waals surface area contributed by atoms with E-state index < -0.39 is 0 Å². The summed E-state index contributed by atoms with van der Waals surface area (Å²) in [5.41, 5.74) is 7.60. The second-order valence-electron chi connectivity index (χ2n) is 4.94. The third kappa shape index (κ3) is 2.10. The summed E-state index contributed by atoms with van der Waals surface area (Å²) in [5.74, 6) is -1.07. The van der Waals surface area contributed by atoms with Crippen LogP contribution in [0.3, 0.4) is 0 Å². The molecule has 1 heterocycles. The molecule has 6 heteroatoms. The van der Waals surface area contributed by atoms with Crippen molar-refractivity contribution in [3.63, 3.8) is 0 Å². The molecule has 22 heavy (non-hydrogen) atoms. The lowest BCUT2D eigenvalue weighted by atomic mass is 10.1. The van der Waals surface area contributed by atoms with Gasteiger partial charge in [-0.1, -0.05) is 12.1 Å². The molecule has 1 aliphatic rings. The molecule has 2 aromatic carbocycles. The van der Waals surface area contributed by atoms with Crippen molar-refractivity contribution in [2.75, 3.05) is 16.0 Å². The summed E-state index contributed by atoms with van der Waals surface area (Å²) in [5, 5.41) is 2.57. The number of nitrogen functional groups attached to an aromatic ring is 1. The first-order valence-electron chi connectivity index (χ1n) is 6.64. The second-order valence-corrected chi connectivity index (χ2v) is 4.94. The maximum absolute atomic E-state index is 12.4. The van der Waals surface area contributed by atoms with Gasteiger partial charge in [0.15, 0.2) is 0 Å². The Labute approximate surface area is 126 Å². The molecule has 2 aromatic rings. The number of hydrogen-bond acceptors (Lipinski definition) is 4. The minimum absolute atomic E-state index is 0.286. The molecular formula is C16H13N3O3. The van der Waals surface area contributed by atoms with Crippen LogP contribution in [0.25, 0.3) is 0 Å². The van der Waals surface area contributed by atoms with Crippen LogP contribution < -0.4 is 16.0 Å². The Bertz CT molecular complexity index is 779. The zero-order chi connectivity index (χ0) is 15.9. The maximum Gasteiger partial charge on any atom is 0.266 e. The van der Waals surface area contributed by atoms with Crippen molar-refractivity contribution in [1.82, 2.24) is 0 Å². The highest BCUT2D eigenvalue weighted by Crippen LogP contribution is 2.31. The van der Waals surface area contributed by atoms with Gasteiger partial charge in [-0.2, -0.15) is 0 Å². The summed E-state index contributed by atoms with van der Waals surface area (Å²) < 4.78 is 0. The molecule has 0 saturated carbocycles. The number of carbonyl (C=O) groups excluding carboxylic acids is 3. The van der Waals surface area contributed by atoms with Gasteiger partial charge in [-0.05, 0) is 30.3 Å². The molecule has 3 N–H and O–H groups in total.